The molecule has 3 heterocycles. The number of thiazole rings is 1. The zero-order valence-corrected chi connectivity index (χ0v) is 27.0. The van der Waals surface area contributed by atoms with Gasteiger partial charge in [-0.2, -0.15) is 0 Å². The van der Waals surface area contributed by atoms with E-state index in [1.165, 1.54) is 23.8 Å². The minimum absolute atomic E-state index is 0.0251. The Bertz CT molecular complexity index is 2090. The molecule has 1 aliphatic heterocycles. The van der Waals surface area contributed by atoms with Crippen LogP contribution in [-0.2, 0) is 19.1 Å². The predicted octanol–water partition coefficient (Wildman–Crippen LogP) is 4.23. The third-order valence-electron chi connectivity index (χ3n) is 7.26. The molecule has 0 saturated carbocycles. The molecule has 0 spiro atoms. The van der Waals surface area contributed by atoms with E-state index in [9.17, 15) is 24.5 Å². The lowest BCUT2D eigenvalue weighted by atomic mass is 9.95. The maximum atomic E-state index is 14.0. The maximum Gasteiger partial charge on any atom is 0.343 e. The van der Waals surface area contributed by atoms with Crippen molar-refractivity contribution in [2.75, 3.05) is 26.9 Å². The first-order valence-corrected chi connectivity index (χ1v) is 15.4. The van der Waals surface area contributed by atoms with Crippen LogP contribution in [0.15, 0.2) is 74.0 Å². The number of nitro benzene ring substituents is 1. The number of benzene rings is 2. The van der Waals surface area contributed by atoms with Crippen LogP contribution in [-0.4, -0.2) is 48.4 Å². The molecule has 0 bridgehead atoms. The number of hydrogen-bond donors (Lipinski definition) is 0. The summed E-state index contributed by atoms with van der Waals surface area (Å²) in [4.78, 5) is 54.7. The number of aromatic nitrogens is 1. The number of methoxy groups -OCH3 is 1. The van der Waals surface area contributed by atoms with Crippen molar-refractivity contribution in [1.29, 1.82) is 0 Å². The van der Waals surface area contributed by atoms with Gasteiger partial charge in [0, 0.05) is 23.8 Å². The summed E-state index contributed by atoms with van der Waals surface area (Å²) in [7, 11) is 1.25. The summed E-state index contributed by atoms with van der Waals surface area (Å²) in [5, 5.41) is 11.2. The van der Waals surface area contributed by atoms with Crippen LogP contribution in [0.5, 0.6) is 11.5 Å². The number of non-ortho nitro benzene ring substituents is 1. The Morgan fingerprint density at radius 2 is 1.85 bits per heavy atom. The van der Waals surface area contributed by atoms with Crippen LogP contribution < -0.4 is 24.4 Å². The molecule has 2 aromatic carbocycles. The summed E-state index contributed by atoms with van der Waals surface area (Å²) in [6, 6.07) is 11.9. The lowest BCUT2D eigenvalue weighted by molar-refractivity contribution is -0.384. The molecule has 0 N–H and O–H groups in total. The van der Waals surface area contributed by atoms with Crippen LogP contribution in [0.1, 0.15) is 43.7 Å². The van der Waals surface area contributed by atoms with Crippen molar-refractivity contribution in [2.45, 2.75) is 33.7 Å². The molecule has 13 nitrogen and oxygen atoms in total. The van der Waals surface area contributed by atoms with Gasteiger partial charge in [0.2, 0.25) is 0 Å². The smallest absolute Gasteiger partial charge is 0.343 e. The van der Waals surface area contributed by atoms with Crippen LogP contribution >= 0.6 is 11.3 Å². The number of carbonyl (C=O) groups excluding carboxylic acids is 2. The zero-order valence-electron chi connectivity index (χ0n) is 26.2. The summed E-state index contributed by atoms with van der Waals surface area (Å²) in [5.41, 5.74) is 2.00. The molecule has 0 fully saturated rings. The molecule has 0 unspecified atom stereocenters. The number of furan rings is 1. The Hall–Kier alpha value is -5.50. The van der Waals surface area contributed by atoms with Crippen LogP contribution in [0.25, 0.3) is 17.4 Å². The average Bonchev–Trinajstić information content (AvgIpc) is 3.63. The summed E-state index contributed by atoms with van der Waals surface area (Å²) in [6.45, 7) is 6.97. The number of hydrogen-bond acceptors (Lipinski definition) is 12. The highest BCUT2D eigenvalue weighted by Crippen LogP contribution is 2.36. The quantitative estimate of drug-likeness (QED) is 0.129. The molecule has 1 atom stereocenters. The van der Waals surface area contributed by atoms with E-state index in [4.69, 9.17) is 18.6 Å². The Balaban J connectivity index is 1.60. The van der Waals surface area contributed by atoms with Crippen molar-refractivity contribution in [3.05, 3.63) is 106 Å². The summed E-state index contributed by atoms with van der Waals surface area (Å²) in [6.07, 6.45) is 1.59. The van der Waals surface area contributed by atoms with E-state index in [-0.39, 0.29) is 36.8 Å². The van der Waals surface area contributed by atoms with Crippen molar-refractivity contribution in [3.63, 3.8) is 0 Å². The molecular weight excluding hydrogens is 630 g/mol. The predicted molar refractivity (Wildman–Crippen MR) is 171 cm³/mol. The molecule has 5 rings (SSSR count). The first-order valence-electron chi connectivity index (χ1n) is 14.6. The molecule has 4 aromatic rings. The Morgan fingerprint density at radius 1 is 1.06 bits per heavy atom. The second-order valence-electron chi connectivity index (χ2n) is 10.3. The van der Waals surface area contributed by atoms with Gasteiger partial charge in [0.15, 0.2) is 22.9 Å². The second kappa shape index (κ2) is 13.9. The number of nitro groups is 1. The van der Waals surface area contributed by atoms with Crippen LogP contribution in [0, 0.1) is 17.0 Å². The fraction of sp³-hybridized carbons (Fsp3) is 0.273. The fourth-order valence-corrected chi connectivity index (χ4v) is 6.15. The number of nitrogens with zero attached hydrogens (tertiary/aromatic N) is 3. The topological polar surface area (TPSA) is 162 Å². The number of carbonyl (C=O) groups is 2. The summed E-state index contributed by atoms with van der Waals surface area (Å²) < 4.78 is 29.2. The second-order valence-corrected chi connectivity index (χ2v) is 11.3. The van der Waals surface area contributed by atoms with Crippen molar-refractivity contribution in [1.82, 2.24) is 4.57 Å². The lowest BCUT2D eigenvalue weighted by Crippen LogP contribution is -2.40. The Kier molecular flexibility index (Phi) is 9.70. The van der Waals surface area contributed by atoms with E-state index in [1.807, 2.05) is 0 Å². The fourth-order valence-electron chi connectivity index (χ4n) is 5.13. The first kappa shape index (κ1) is 32.9. The molecule has 2 aromatic heterocycles. The standard InChI is InChI=1S/C33H31N3O10S/c1-6-43-26-15-20(8-12-25(26)45-17-28(37)42-5)30-29(32(39)44-7-2)19(4)34-33-35(30)31(38)27(47-33)16-22-10-13-24(46-22)23-11-9-21(36(40)41)14-18(23)3/h8-16,30H,6-7,17H2,1-5H3/b27-16+/t30-/m0/s1. The first-order chi connectivity index (χ1) is 22.6. The van der Waals surface area contributed by atoms with Crippen LogP contribution in [0.4, 0.5) is 5.69 Å². The minimum atomic E-state index is -0.920. The number of fused-ring (bicyclic) bond motifs is 1. The zero-order chi connectivity index (χ0) is 33.8. The molecule has 0 radical (unpaired) electrons. The van der Waals surface area contributed by atoms with Gasteiger partial charge in [-0.3, -0.25) is 19.5 Å². The van der Waals surface area contributed by atoms with Gasteiger partial charge < -0.3 is 23.4 Å². The average molecular weight is 662 g/mol. The Morgan fingerprint density at radius 3 is 2.53 bits per heavy atom. The highest BCUT2D eigenvalue weighted by Gasteiger charge is 2.34. The SMILES string of the molecule is CCOC(=O)C1=C(C)N=c2s/c(=C/c3ccc(-c4ccc([N+](=O)[O-])cc4C)o3)c(=O)n2[C@H]1c1ccc(OCC(=O)OC)c(OCC)c1. The van der Waals surface area contributed by atoms with E-state index in [0.29, 0.717) is 49.0 Å². The van der Waals surface area contributed by atoms with Crippen molar-refractivity contribution in [2.24, 2.45) is 4.99 Å². The van der Waals surface area contributed by atoms with Gasteiger partial charge in [-0.25, -0.2) is 14.6 Å². The highest BCUT2D eigenvalue weighted by atomic mass is 32.1. The van der Waals surface area contributed by atoms with Crippen LogP contribution in [0.2, 0.25) is 0 Å². The third kappa shape index (κ3) is 6.72. The number of allylic oxidation sites excluding steroid dienone is 1. The van der Waals surface area contributed by atoms with Crippen LogP contribution in [0.3, 0.4) is 0 Å². The normalized spacial score (nSPS) is 14.3. The molecule has 0 aliphatic carbocycles. The molecule has 47 heavy (non-hydrogen) atoms. The van der Waals surface area contributed by atoms with Gasteiger partial charge in [-0.1, -0.05) is 17.4 Å². The number of esters is 2. The largest absolute Gasteiger partial charge is 0.490 e. The van der Waals surface area contributed by atoms with Crippen molar-refractivity contribution >= 4 is 35.0 Å². The minimum Gasteiger partial charge on any atom is -0.490 e. The summed E-state index contributed by atoms with van der Waals surface area (Å²) in [5.74, 6) is 0.256. The van der Waals surface area contributed by atoms with Gasteiger partial charge in [0.05, 0.1) is 47.1 Å². The van der Waals surface area contributed by atoms with Gasteiger partial charge >= 0.3 is 11.9 Å². The molecule has 1 aliphatic rings. The molecule has 0 saturated heterocycles. The van der Waals surface area contributed by atoms with Gasteiger partial charge in [-0.15, -0.1) is 0 Å². The van der Waals surface area contributed by atoms with Crippen molar-refractivity contribution < 1.29 is 37.9 Å². The molecular formula is C33H31N3O10S. The number of aryl methyl sites for hydroxylation is 1. The number of ether oxygens (including phenoxy) is 4. The van der Waals surface area contributed by atoms with Crippen molar-refractivity contribution in [3.8, 4) is 22.8 Å². The van der Waals surface area contributed by atoms with E-state index in [2.05, 4.69) is 9.73 Å². The van der Waals surface area contributed by atoms with E-state index in [0.717, 1.165) is 11.3 Å². The molecule has 14 heteroatoms. The van der Waals surface area contributed by atoms with Gasteiger partial charge in [0.25, 0.3) is 11.2 Å². The molecule has 244 valence electrons. The third-order valence-corrected chi connectivity index (χ3v) is 8.24. The Labute approximate surface area is 272 Å². The summed E-state index contributed by atoms with van der Waals surface area (Å²) >= 11 is 1.13. The highest BCUT2D eigenvalue weighted by molar-refractivity contribution is 7.07. The van der Waals surface area contributed by atoms with E-state index < -0.39 is 28.5 Å². The lowest BCUT2D eigenvalue weighted by Gasteiger charge is -2.25. The van der Waals surface area contributed by atoms with Gasteiger partial charge in [0.1, 0.15) is 11.5 Å². The molecule has 0 amide bonds. The van der Waals surface area contributed by atoms with E-state index >= 15 is 0 Å². The maximum absolute atomic E-state index is 14.0. The van der Waals surface area contributed by atoms with Gasteiger partial charge in [-0.05, 0) is 69.2 Å². The monoisotopic (exact) mass is 661 g/mol. The van der Waals surface area contributed by atoms with E-state index in [1.54, 1.807) is 70.2 Å². The number of rotatable bonds is 11.